The van der Waals surface area contributed by atoms with Crippen LogP contribution < -0.4 is 5.73 Å². The number of rotatable bonds is 4. The SMILES string of the molecule is Cc1ncsc1C(=O)N1CCO[C@H](c2cccc(-c3cccc(C(N)=O)c3)n2)C1. The molecule has 2 aromatic heterocycles. The van der Waals surface area contributed by atoms with Gasteiger partial charge >= 0.3 is 0 Å². The van der Waals surface area contributed by atoms with Crippen LogP contribution in [0.1, 0.15) is 37.5 Å². The van der Waals surface area contributed by atoms with Crippen LogP contribution in [0.3, 0.4) is 0 Å². The Morgan fingerprint density at radius 2 is 2.07 bits per heavy atom. The van der Waals surface area contributed by atoms with Crippen molar-refractivity contribution in [2.24, 2.45) is 5.73 Å². The number of benzene rings is 1. The van der Waals surface area contributed by atoms with Crippen molar-refractivity contribution in [2.45, 2.75) is 13.0 Å². The highest BCUT2D eigenvalue weighted by atomic mass is 32.1. The summed E-state index contributed by atoms with van der Waals surface area (Å²) in [5.74, 6) is -0.505. The lowest BCUT2D eigenvalue weighted by atomic mass is 10.1. The number of aryl methyl sites for hydroxylation is 1. The van der Waals surface area contributed by atoms with Crippen LogP contribution in [0.15, 0.2) is 48.0 Å². The minimum absolute atomic E-state index is 0.0244. The van der Waals surface area contributed by atoms with E-state index in [2.05, 4.69) is 4.98 Å². The van der Waals surface area contributed by atoms with Crippen molar-refractivity contribution in [3.05, 3.63) is 69.8 Å². The van der Waals surface area contributed by atoms with Gasteiger partial charge in [-0.1, -0.05) is 18.2 Å². The zero-order valence-electron chi connectivity index (χ0n) is 15.9. The van der Waals surface area contributed by atoms with E-state index >= 15 is 0 Å². The van der Waals surface area contributed by atoms with Gasteiger partial charge in [0.1, 0.15) is 11.0 Å². The summed E-state index contributed by atoms with van der Waals surface area (Å²) in [5, 5.41) is 0. The fourth-order valence-electron chi connectivity index (χ4n) is 3.29. The summed E-state index contributed by atoms with van der Waals surface area (Å²) in [6, 6.07) is 12.7. The Labute approximate surface area is 172 Å². The van der Waals surface area contributed by atoms with Crippen LogP contribution in [-0.4, -0.2) is 46.4 Å². The van der Waals surface area contributed by atoms with Gasteiger partial charge in [0, 0.05) is 17.7 Å². The molecular formula is C21H20N4O3S. The maximum absolute atomic E-state index is 12.8. The molecule has 1 aliphatic heterocycles. The monoisotopic (exact) mass is 408 g/mol. The highest BCUT2D eigenvalue weighted by Gasteiger charge is 2.28. The molecule has 0 aliphatic carbocycles. The molecule has 1 saturated heterocycles. The Bertz CT molecular complexity index is 1070. The van der Waals surface area contributed by atoms with Crippen molar-refractivity contribution in [3.63, 3.8) is 0 Å². The maximum atomic E-state index is 12.8. The van der Waals surface area contributed by atoms with Crippen LogP contribution in [0.5, 0.6) is 0 Å². The molecule has 0 spiro atoms. The van der Waals surface area contributed by atoms with Crippen LogP contribution in [0.2, 0.25) is 0 Å². The zero-order chi connectivity index (χ0) is 20.4. The van der Waals surface area contributed by atoms with E-state index in [1.54, 1.807) is 28.6 Å². The van der Waals surface area contributed by atoms with Gasteiger partial charge in [0.15, 0.2) is 0 Å². The lowest BCUT2D eigenvalue weighted by Crippen LogP contribution is -2.42. The van der Waals surface area contributed by atoms with E-state index in [0.29, 0.717) is 30.1 Å². The summed E-state index contributed by atoms with van der Waals surface area (Å²) in [6.07, 6.45) is -0.319. The predicted molar refractivity (Wildman–Crippen MR) is 110 cm³/mol. The molecule has 0 saturated carbocycles. The van der Waals surface area contributed by atoms with Crippen molar-refractivity contribution in [3.8, 4) is 11.3 Å². The van der Waals surface area contributed by atoms with Crippen molar-refractivity contribution in [2.75, 3.05) is 19.7 Å². The topological polar surface area (TPSA) is 98.4 Å². The van der Waals surface area contributed by atoms with E-state index < -0.39 is 5.91 Å². The van der Waals surface area contributed by atoms with Crippen LogP contribution >= 0.6 is 11.3 Å². The second kappa shape index (κ2) is 8.10. The molecule has 148 valence electrons. The lowest BCUT2D eigenvalue weighted by molar-refractivity contribution is -0.0245. The second-order valence-electron chi connectivity index (χ2n) is 6.77. The van der Waals surface area contributed by atoms with Gasteiger partial charge in [-0.2, -0.15) is 0 Å². The fourth-order valence-corrected chi connectivity index (χ4v) is 4.06. The summed E-state index contributed by atoms with van der Waals surface area (Å²) in [4.78, 5) is 35.6. The molecule has 2 N–H and O–H groups in total. The molecule has 4 rings (SSSR count). The van der Waals surface area contributed by atoms with E-state index in [1.807, 2.05) is 31.2 Å². The second-order valence-corrected chi connectivity index (χ2v) is 7.63. The molecule has 3 heterocycles. The number of carbonyl (C=O) groups is 2. The van der Waals surface area contributed by atoms with E-state index in [-0.39, 0.29) is 12.0 Å². The summed E-state index contributed by atoms with van der Waals surface area (Å²) >= 11 is 1.36. The van der Waals surface area contributed by atoms with E-state index in [9.17, 15) is 9.59 Å². The number of nitrogens with two attached hydrogens (primary N) is 1. The van der Waals surface area contributed by atoms with Gasteiger partial charge < -0.3 is 15.4 Å². The van der Waals surface area contributed by atoms with Gasteiger partial charge in [0.25, 0.3) is 5.91 Å². The zero-order valence-corrected chi connectivity index (χ0v) is 16.7. The molecule has 1 aromatic carbocycles. The number of thiazole rings is 1. The molecule has 2 amide bonds. The van der Waals surface area contributed by atoms with Gasteiger partial charge in [-0.3, -0.25) is 9.59 Å². The molecule has 8 heteroatoms. The lowest BCUT2D eigenvalue weighted by Gasteiger charge is -2.32. The average Bonchev–Trinajstić information content (AvgIpc) is 3.19. The van der Waals surface area contributed by atoms with Crippen molar-refractivity contribution >= 4 is 23.2 Å². The number of ether oxygens (including phenoxy) is 1. The summed E-state index contributed by atoms with van der Waals surface area (Å²) < 4.78 is 5.90. The fraction of sp³-hybridized carbons (Fsp3) is 0.238. The summed E-state index contributed by atoms with van der Waals surface area (Å²) in [5.41, 5.74) is 10.5. The Morgan fingerprint density at radius 1 is 1.24 bits per heavy atom. The largest absolute Gasteiger partial charge is 0.368 e. The third kappa shape index (κ3) is 4.03. The number of carbonyl (C=O) groups excluding carboxylic acids is 2. The van der Waals surface area contributed by atoms with Crippen molar-refractivity contribution in [1.82, 2.24) is 14.9 Å². The summed E-state index contributed by atoms with van der Waals surface area (Å²) in [7, 11) is 0. The molecule has 29 heavy (non-hydrogen) atoms. The van der Waals surface area contributed by atoms with Gasteiger partial charge in [-0.25, -0.2) is 9.97 Å². The van der Waals surface area contributed by atoms with Crippen LogP contribution in [0.4, 0.5) is 0 Å². The smallest absolute Gasteiger partial charge is 0.266 e. The minimum atomic E-state index is -0.480. The molecule has 3 aromatic rings. The standard InChI is InChI=1S/C21H20N4O3S/c1-13-19(29-12-23-13)21(27)25-8-9-28-18(11-25)17-7-3-6-16(24-17)14-4-2-5-15(10-14)20(22)26/h2-7,10,12,18H,8-9,11H2,1H3,(H2,22,26)/t18-/m0/s1. The van der Waals surface area contributed by atoms with Crippen molar-refractivity contribution in [1.29, 1.82) is 0 Å². The van der Waals surface area contributed by atoms with Crippen LogP contribution in [0, 0.1) is 6.92 Å². The number of morpholine rings is 1. The normalized spacial score (nSPS) is 16.6. The first kappa shape index (κ1) is 19.2. The molecular weight excluding hydrogens is 388 g/mol. The van der Waals surface area contributed by atoms with Gasteiger partial charge in [-0.05, 0) is 31.2 Å². The van der Waals surface area contributed by atoms with E-state index in [0.717, 1.165) is 22.6 Å². The number of hydrogen-bond donors (Lipinski definition) is 1. The number of amides is 2. The summed E-state index contributed by atoms with van der Waals surface area (Å²) in [6.45, 7) is 3.24. The first-order valence-electron chi connectivity index (χ1n) is 9.21. The van der Waals surface area contributed by atoms with Gasteiger partial charge in [0.05, 0.1) is 35.7 Å². The van der Waals surface area contributed by atoms with Crippen molar-refractivity contribution < 1.29 is 14.3 Å². The predicted octanol–water partition coefficient (Wildman–Crippen LogP) is 2.83. The quantitative estimate of drug-likeness (QED) is 0.716. The number of aromatic nitrogens is 2. The van der Waals surface area contributed by atoms with Crippen LogP contribution in [0.25, 0.3) is 11.3 Å². The molecule has 0 unspecified atom stereocenters. The highest BCUT2D eigenvalue weighted by molar-refractivity contribution is 7.11. The van der Waals surface area contributed by atoms with E-state index in [1.165, 1.54) is 11.3 Å². The Kier molecular flexibility index (Phi) is 5.37. The highest BCUT2D eigenvalue weighted by Crippen LogP contribution is 2.26. The minimum Gasteiger partial charge on any atom is -0.368 e. The molecule has 1 fully saturated rings. The average molecular weight is 408 g/mol. The molecule has 7 nitrogen and oxygen atoms in total. The van der Waals surface area contributed by atoms with E-state index in [4.69, 9.17) is 15.5 Å². The number of hydrogen-bond acceptors (Lipinski definition) is 6. The third-order valence-corrected chi connectivity index (χ3v) is 5.75. The third-order valence-electron chi connectivity index (χ3n) is 4.84. The number of pyridine rings is 1. The number of nitrogens with zero attached hydrogens (tertiary/aromatic N) is 3. The molecule has 0 bridgehead atoms. The Hall–Kier alpha value is -3.10. The van der Waals surface area contributed by atoms with Gasteiger partial charge in [-0.15, -0.1) is 11.3 Å². The van der Waals surface area contributed by atoms with Gasteiger partial charge in [0.2, 0.25) is 5.91 Å². The Balaban J connectivity index is 1.56. The Morgan fingerprint density at radius 3 is 2.83 bits per heavy atom. The first-order chi connectivity index (χ1) is 14.0. The molecule has 0 radical (unpaired) electrons. The first-order valence-corrected chi connectivity index (χ1v) is 10.1. The number of primary amides is 1. The van der Waals surface area contributed by atoms with Crippen LogP contribution in [-0.2, 0) is 4.74 Å². The maximum Gasteiger partial charge on any atom is 0.266 e. The molecule has 1 aliphatic rings. The molecule has 1 atom stereocenters.